The molecule has 1 amide bonds. The first kappa shape index (κ1) is 18.7. The number of carbonyl (C=O) groups excluding carboxylic acids is 1. The number of nitrogens with two attached hydrogens (primary N) is 1. The molecular weight excluding hydrogens is 391 g/mol. The number of hydrogen-bond donors (Lipinski definition) is 3. The van der Waals surface area contributed by atoms with Crippen LogP contribution in [0.25, 0.3) is 0 Å². The summed E-state index contributed by atoms with van der Waals surface area (Å²) >= 11 is 0. The van der Waals surface area contributed by atoms with Crippen LogP contribution in [0.15, 0.2) is 29.3 Å². The first-order valence-electron chi connectivity index (χ1n) is 7.55. The molecule has 1 aromatic carbocycles. The van der Waals surface area contributed by atoms with Crippen molar-refractivity contribution in [2.75, 3.05) is 7.05 Å². The maximum absolute atomic E-state index is 11.2. The van der Waals surface area contributed by atoms with Crippen molar-refractivity contribution in [1.29, 1.82) is 0 Å². The Kier molecular flexibility index (Phi) is 8.22. The molecule has 0 saturated heterocycles. The highest BCUT2D eigenvalue weighted by Crippen LogP contribution is 2.17. The number of nitrogens with zero attached hydrogens (tertiary/aromatic N) is 1. The van der Waals surface area contributed by atoms with Crippen LogP contribution in [-0.4, -0.2) is 25.0 Å². The molecule has 0 aromatic heterocycles. The van der Waals surface area contributed by atoms with Gasteiger partial charge in [0.2, 0.25) is 5.91 Å². The number of rotatable bonds is 4. The third-order valence-corrected chi connectivity index (χ3v) is 3.84. The lowest BCUT2D eigenvalue weighted by molar-refractivity contribution is 0.1000. The Morgan fingerprint density at radius 3 is 2.68 bits per heavy atom. The summed E-state index contributed by atoms with van der Waals surface area (Å²) in [6, 6.07) is 7.85. The van der Waals surface area contributed by atoms with Crippen LogP contribution in [0.2, 0.25) is 0 Å². The van der Waals surface area contributed by atoms with Gasteiger partial charge in [-0.05, 0) is 30.5 Å². The van der Waals surface area contributed by atoms with Crippen LogP contribution in [0.1, 0.15) is 48.0 Å². The fraction of sp³-hybridized carbons (Fsp3) is 0.500. The van der Waals surface area contributed by atoms with Gasteiger partial charge in [-0.25, -0.2) is 0 Å². The van der Waals surface area contributed by atoms with E-state index in [9.17, 15) is 4.79 Å². The summed E-state index contributed by atoms with van der Waals surface area (Å²) < 4.78 is 0. The van der Waals surface area contributed by atoms with Crippen LogP contribution < -0.4 is 16.4 Å². The van der Waals surface area contributed by atoms with Gasteiger partial charge < -0.3 is 16.4 Å². The second kappa shape index (κ2) is 9.66. The highest BCUT2D eigenvalue weighted by Gasteiger charge is 2.14. The Morgan fingerprint density at radius 1 is 1.32 bits per heavy atom. The number of primary amides is 1. The molecule has 1 fully saturated rings. The van der Waals surface area contributed by atoms with Crippen molar-refractivity contribution in [2.45, 2.75) is 44.7 Å². The van der Waals surface area contributed by atoms with Crippen molar-refractivity contribution in [1.82, 2.24) is 10.6 Å². The van der Waals surface area contributed by atoms with Gasteiger partial charge in [-0.15, -0.1) is 24.0 Å². The Morgan fingerprint density at radius 2 is 2.05 bits per heavy atom. The number of halogens is 1. The lowest BCUT2D eigenvalue weighted by atomic mass is 9.96. The highest BCUT2D eigenvalue weighted by molar-refractivity contribution is 14.0. The van der Waals surface area contributed by atoms with Gasteiger partial charge in [0.25, 0.3) is 0 Å². The van der Waals surface area contributed by atoms with Crippen molar-refractivity contribution in [3.63, 3.8) is 0 Å². The molecule has 0 heterocycles. The Balaban J connectivity index is 0.00000242. The van der Waals surface area contributed by atoms with Gasteiger partial charge >= 0.3 is 0 Å². The molecule has 122 valence electrons. The third-order valence-electron chi connectivity index (χ3n) is 3.84. The topological polar surface area (TPSA) is 79.5 Å². The quantitative estimate of drug-likeness (QED) is 0.401. The van der Waals surface area contributed by atoms with Gasteiger partial charge in [0.1, 0.15) is 0 Å². The van der Waals surface area contributed by atoms with Crippen LogP contribution in [-0.2, 0) is 6.54 Å². The summed E-state index contributed by atoms with van der Waals surface area (Å²) in [5, 5.41) is 6.75. The average Bonchev–Trinajstić information content (AvgIpc) is 2.52. The zero-order chi connectivity index (χ0) is 15.1. The number of aliphatic imine (C=N–C) groups is 1. The van der Waals surface area contributed by atoms with Crippen LogP contribution in [0.3, 0.4) is 0 Å². The average molecular weight is 416 g/mol. The molecular formula is C16H25IN4O. The Bertz CT molecular complexity index is 513. The molecule has 0 atom stereocenters. The lowest BCUT2D eigenvalue weighted by Gasteiger charge is -2.24. The molecule has 22 heavy (non-hydrogen) atoms. The molecule has 0 spiro atoms. The van der Waals surface area contributed by atoms with Crippen molar-refractivity contribution >= 4 is 35.8 Å². The molecule has 0 aliphatic heterocycles. The summed E-state index contributed by atoms with van der Waals surface area (Å²) in [7, 11) is 1.78. The molecule has 1 aliphatic rings. The molecule has 1 saturated carbocycles. The van der Waals surface area contributed by atoms with Gasteiger partial charge in [0.05, 0.1) is 0 Å². The predicted molar refractivity (Wildman–Crippen MR) is 101 cm³/mol. The van der Waals surface area contributed by atoms with Gasteiger partial charge in [-0.3, -0.25) is 9.79 Å². The maximum atomic E-state index is 11.2. The number of benzene rings is 1. The molecule has 1 aliphatic carbocycles. The standard InChI is InChI=1S/C16H24N4O.HI/c1-18-16(20-14-8-3-2-4-9-14)19-11-12-6-5-7-13(10-12)15(17)21;/h5-7,10,14H,2-4,8-9,11H2,1H3,(H2,17,21)(H2,18,19,20);1H. The normalized spacial score (nSPS) is 15.8. The van der Waals surface area contributed by atoms with E-state index in [4.69, 9.17) is 5.73 Å². The number of nitrogens with one attached hydrogen (secondary N) is 2. The maximum Gasteiger partial charge on any atom is 0.248 e. The van der Waals surface area contributed by atoms with E-state index in [1.165, 1.54) is 32.1 Å². The van der Waals surface area contributed by atoms with Crippen molar-refractivity contribution in [3.8, 4) is 0 Å². The fourth-order valence-electron chi connectivity index (χ4n) is 2.66. The van der Waals surface area contributed by atoms with E-state index < -0.39 is 5.91 Å². The van der Waals surface area contributed by atoms with Crippen LogP contribution in [0.5, 0.6) is 0 Å². The van der Waals surface area contributed by atoms with Gasteiger partial charge in [-0.2, -0.15) is 0 Å². The van der Waals surface area contributed by atoms with Crippen LogP contribution in [0, 0.1) is 0 Å². The van der Waals surface area contributed by atoms with Crippen molar-refractivity contribution in [3.05, 3.63) is 35.4 Å². The summed E-state index contributed by atoms with van der Waals surface area (Å²) in [5.41, 5.74) is 6.84. The molecule has 5 nitrogen and oxygen atoms in total. The van der Waals surface area contributed by atoms with E-state index >= 15 is 0 Å². The van der Waals surface area contributed by atoms with E-state index in [1.807, 2.05) is 18.2 Å². The van der Waals surface area contributed by atoms with Crippen LogP contribution in [0.4, 0.5) is 0 Å². The zero-order valence-electron chi connectivity index (χ0n) is 13.0. The highest BCUT2D eigenvalue weighted by atomic mass is 127. The van der Waals surface area contributed by atoms with Gasteiger partial charge in [0.15, 0.2) is 5.96 Å². The van der Waals surface area contributed by atoms with Gasteiger partial charge in [-0.1, -0.05) is 31.4 Å². The number of hydrogen-bond acceptors (Lipinski definition) is 2. The molecule has 0 bridgehead atoms. The lowest BCUT2D eigenvalue weighted by Crippen LogP contribution is -2.43. The predicted octanol–water partition coefficient (Wildman–Crippen LogP) is 2.40. The molecule has 0 radical (unpaired) electrons. The minimum Gasteiger partial charge on any atom is -0.366 e. The van der Waals surface area contributed by atoms with E-state index in [2.05, 4.69) is 15.6 Å². The number of amides is 1. The molecule has 0 unspecified atom stereocenters. The molecule has 1 aromatic rings. The second-order valence-corrected chi connectivity index (χ2v) is 5.47. The van der Waals surface area contributed by atoms with Crippen molar-refractivity contribution < 1.29 is 4.79 Å². The summed E-state index contributed by atoms with van der Waals surface area (Å²) in [6.07, 6.45) is 6.32. The molecule has 2 rings (SSSR count). The first-order valence-corrected chi connectivity index (χ1v) is 7.55. The summed E-state index contributed by atoms with van der Waals surface area (Å²) in [6.45, 7) is 0.619. The summed E-state index contributed by atoms with van der Waals surface area (Å²) in [5.74, 6) is 0.410. The second-order valence-electron chi connectivity index (χ2n) is 5.47. The SMILES string of the molecule is CN=C(NCc1cccc(C(N)=O)c1)NC1CCCCC1.I. The van der Waals surface area contributed by atoms with Gasteiger partial charge in [0, 0.05) is 25.2 Å². The summed E-state index contributed by atoms with van der Waals surface area (Å²) in [4.78, 5) is 15.4. The van der Waals surface area contributed by atoms with E-state index in [0.717, 1.165) is 11.5 Å². The van der Waals surface area contributed by atoms with Crippen LogP contribution >= 0.6 is 24.0 Å². The molecule has 6 heteroatoms. The minimum atomic E-state index is -0.401. The number of carbonyl (C=O) groups is 1. The van der Waals surface area contributed by atoms with E-state index in [-0.39, 0.29) is 24.0 Å². The monoisotopic (exact) mass is 416 g/mol. The zero-order valence-corrected chi connectivity index (χ0v) is 15.3. The fourth-order valence-corrected chi connectivity index (χ4v) is 2.66. The smallest absolute Gasteiger partial charge is 0.248 e. The molecule has 4 N–H and O–H groups in total. The number of guanidine groups is 1. The third kappa shape index (κ3) is 5.82. The van der Waals surface area contributed by atoms with Crippen molar-refractivity contribution in [2.24, 2.45) is 10.7 Å². The first-order chi connectivity index (χ1) is 10.2. The Hall–Kier alpha value is -1.31. The van der Waals surface area contributed by atoms with E-state index in [1.54, 1.807) is 13.1 Å². The Labute approximate surface area is 149 Å². The van der Waals surface area contributed by atoms with E-state index in [0.29, 0.717) is 18.2 Å². The largest absolute Gasteiger partial charge is 0.366 e. The minimum absolute atomic E-state index is 0.